The predicted octanol–water partition coefficient (Wildman–Crippen LogP) is 3.69. The lowest BCUT2D eigenvalue weighted by Gasteiger charge is -2.11. The van der Waals surface area contributed by atoms with Crippen LogP contribution < -0.4 is 10.6 Å². The molecular weight excluding hydrogens is 306 g/mol. The smallest absolute Gasteiger partial charge is 0.353 e. The van der Waals surface area contributed by atoms with Gasteiger partial charge in [-0.25, -0.2) is 9.97 Å². The number of halogens is 1. The van der Waals surface area contributed by atoms with E-state index in [0.29, 0.717) is 17.3 Å². The maximum atomic E-state index is 11.3. The van der Waals surface area contributed by atoms with Gasteiger partial charge in [-0.05, 0) is 24.6 Å². The number of nitrogens with zero attached hydrogens (tertiary/aromatic N) is 3. The lowest BCUT2D eigenvalue weighted by atomic mass is 10.2. The Labute approximate surface area is 132 Å². The SMILES string of the molecule is C=CCNc1ncnc(Nc2cccc(Cl)c2C)c1[N+](=O)[O-]. The van der Waals surface area contributed by atoms with Crippen LogP contribution in [-0.2, 0) is 0 Å². The summed E-state index contributed by atoms with van der Waals surface area (Å²) in [6, 6.07) is 5.26. The largest absolute Gasteiger partial charge is 0.361 e. The molecule has 0 radical (unpaired) electrons. The van der Waals surface area contributed by atoms with Gasteiger partial charge in [0.05, 0.1) is 4.92 Å². The number of benzene rings is 1. The van der Waals surface area contributed by atoms with Crippen LogP contribution in [-0.4, -0.2) is 21.4 Å². The van der Waals surface area contributed by atoms with Crippen LogP contribution in [0.5, 0.6) is 0 Å². The monoisotopic (exact) mass is 319 g/mol. The molecule has 2 rings (SSSR count). The Morgan fingerprint density at radius 1 is 1.41 bits per heavy atom. The highest BCUT2D eigenvalue weighted by molar-refractivity contribution is 6.31. The zero-order valence-corrected chi connectivity index (χ0v) is 12.6. The highest BCUT2D eigenvalue weighted by atomic mass is 35.5. The fraction of sp³-hybridized carbons (Fsp3) is 0.143. The summed E-state index contributed by atoms with van der Waals surface area (Å²) in [5, 5.41) is 17.7. The number of nitrogens with one attached hydrogen (secondary N) is 2. The Kier molecular flexibility index (Phi) is 4.90. The second kappa shape index (κ2) is 6.86. The number of nitro groups is 1. The van der Waals surface area contributed by atoms with Crippen molar-refractivity contribution >= 4 is 34.6 Å². The topological polar surface area (TPSA) is 93.0 Å². The van der Waals surface area contributed by atoms with E-state index in [1.54, 1.807) is 24.3 Å². The van der Waals surface area contributed by atoms with Gasteiger partial charge in [-0.2, -0.15) is 0 Å². The molecule has 0 amide bonds. The van der Waals surface area contributed by atoms with Crippen LogP contribution in [0.25, 0.3) is 0 Å². The molecule has 1 aromatic heterocycles. The minimum Gasteiger partial charge on any atom is -0.361 e. The third kappa shape index (κ3) is 3.32. The van der Waals surface area contributed by atoms with Gasteiger partial charge < -0.3 is 10.6 Å². The fourth-order valence-electron chi connectivity index (χ4n) is 1.81. The summed E-state index contributed by atoms with van der Waals surface area (Å²) in [4.78, 5) is 18.7. The van der Waals surface area contributed by atoms with Crippen molar-refractivity contribution in [2.24, 2.45) is 0 Å². The van der Waals surface area contributed by atoms with E-state index in [2.05, 4.69) is 27.2 Å². The second-order valence-corrected chi connectivity index (χ2v) is 4.79. The van der Waals surface area contributed by atoms with Gasteiger partial charge in [0.15, 0.2) is 0 Å². The van der Waals surface area contributed by atoms with Crippen LogP contribution in [0.3, 0.4) is 0 Å². The molecule has 0 unspecified atom stereocenters. The summed E-state index contributed by atoms with van der Waals surface area (Å²) in [5.74, 6) is 0.221. The van der Waals surface area contributed by atoms with Crippen LogP contribution in [0.4, 0.5) is 23.0 Å². The van der Waals surface area contributed by atoms with E-state index in [-0.39, 0.29) is 17.3 Å². The number of anilines is 3. The summed E-state index contributed by atoms with van der Waals surface area (Å²) >= 11 is 6.05. The fourth-order valence-corrected chi connectivity index (χ4v) is 1.99. The van der Waals surface area contributed by atoms with Gasteiger partial charge in [-0.1, -0.05) is 23.7 Å². The van der Waals surface area contributed by atoms with Crippen molar-refractivity contribution in [3.05, 3.63) is 57.9 Å². The highest BCUT2D eigenvalue weighted by Gasteiger charge is 2.23. The first kappa shape index (κ1) is 15.7. The van der Waals surface area contributed by atoms with Crippen molar-refractivity contribution in [1.29, 1.82) is 0 Å². The molecule has 0 fully saturated rings. The molecule has 8 heteroatoms. The first-order valence-corrected chi connectivity index (χ1v) is 6.78. The number of aromatic nitrogens is 2. The Morgan fingerprint density at radius 3 is 2.82 bits per heavy atom. The van der Waals surface area contributed by atoms with Crippen LogP contribution >= 0.6 is 11.6 Å². The lowest BCUT2D eigenvalue weighted by Crippen LogP contribution is -2.08. The Balaban J connectivity index is 2.44. The van der Waals surface area contributed by atoms with Crippen molar-refractivity contribution in [2.75, 3.05) is 17.2 Å². The lowest BCUT2D eigenvalue weighted by molar-refractivity contribution is -0.383. The van der Waals surface area contributed by atoms with Gasteiger partial charge in [-0.15, -0.1) is 6.58 Å². The van der Waals surface area contributed by atoms with E-state index >= 15 is 0 Å². The first-order valence-electron chi connectivity index (χ1n) is 6.41. The molecule has 0 atom stereocenters. The van der Waals surface area contributed by atoms with Crippen molar-refractivity contribution in [3.8, 4) is 0 Å². The average Bonchev–Trinajstić information content (AvgIpc) is 2.49. The van der Waals surface area contributed by atoms with Gasteiger partial charge in [0.1, 0.15) is 6.33 Å². The molecule has 0 aliphatic rings. The van der Waals surface area contributed by atoms with Crippen molar-refractivity contribution in [1.82, 2.24) is 9.97 Å². The standard InChI is InChI=1S/C14H14ClN5O2/c1-3-7-16-13-12(20(21)22)14(18-8-17-13)19-11-6-4-5-10(15)9(11)2/h3-6,8H,1,7H2,2H3,(H2,16,17,18,19). The number of rotatable bonds is 6. The molecule has 1 aromatic carbocycles. The van der Waals surface area contributed by atoms with Gasteiger partial charge in [0, 0.05) is 17.3 Å². The minimum atomic E-state index is -0.534. The van der Waals surface area contributed by atoms with E-state index in [1.807, 2.05) is 6.92 Å². The molecule has 0 bridgehead atoms. The number of hydrogen-bond donors (Lipinski definition) is 2. The molecule has 0 spiro atoms. The molecule has 2 N–H and O–H groups in total. The van der Waals surface area contributed by atoms with Crippen LogP contribution in [0, 0.1) is 17.0 Å². The molecule has 0 aliphatic heterocycles. The normalized spacial score (nSPS) is 10.1. The Bertz CT molecular complexity index is 720. The third-order valence-electron chi connectivity index (χ3n) is 2.94. The molecule has 0 saturated carbocycles. The molecule has 2 aromatic rings. The summed E-state index contributed by atoms with van der Waals surface area (Å²) < 4.78 is 0. The maximum absolute atomic E-state index is 11.3. The molecule has 22 heavy (non-hydrogen) atoms. The van der Waals surface area contributed by atoms with E-state index in [9.17, 15) is 10.1 Å². The van der Waals surface area contributed by atoms with Gasteiger partial charge >= 0.3 is 5.69 Å². The van der Waals surface area contributed by atoms with Gasteiger partial charge in [-0.3, -0.25) is 10.1 Å². The maximum Gasteiger partial charge on any atom is 0.353 e. The molecule has 114 valence electrons. The van der Waals surface area contributed by atoms with Crippen molar-refractivity contribution < 1.29 is 4.92 Å². The summed E-state index contributed by atoms with van der Waals surface area (Å²) in [6.07, 6.45) is 2.83. The van der Waals surface area contributed by atoms with E-state index in [4.69, 9.17) is 11.6 Å². The predicted molar refractivity (Wildman–Crippen MR) is 86.8 cm³/mol. The molecule has 7 nitrogen and oxygen atoms in total. The van der Waals surface area contributed by atoms with Crippen molar-refractivity contribution in [3.63, 3.8) is 0 Å². The zero-order chi connectivity index (χ0) is 16.1. The Hall–Kier alpha value is -2.67. The Morgan fingerprint density at radius 2 is 2.14 bits per heavy atom. The van der Waals surface area contributed by atoms with Crippen molar-refractivity contribution in [2.45, 2.75) is 6.92 Å². The third-order valence-corrected chi connectivity index (χ3v) is 3.35. The first-order chi connectivity index (χ1) is 10.5. The summed E-state index contributed by atoms with van der Waals surface area (Å²) in [7, 11) is 0. The molecular formula is C14H14ClN5O2. The van der Waals surface area contributed by atoms with Gasteiger partial charge in [0.25, 0.3) is 0 Å². The second-order valence-electron chi connectivity index (χ2n) is 4.38. The van der Waals surface area contributed by atoms with Crippen LogP contribution in [0.15, 0.2) is 37.2 Å². The minimum absolute atomic E-state index is 0.0944. The van der Waals surface area contributed by atoms with Gasteiger partial charge in [0.2, 0.25) is 11.6 Å². The summed E-state index contributed by atoms with van der Waals surface area (Å²) in [6.45, 7) is 5.72. The molecule has 0 saturated heterocycles. The summed E-state index contributed by atoms with van der Waals surface area (Å²) in [5.41, 5.74) is 1.19. The molecule has 0 aliphatic carbocycles. The number of hydrogen-bond acceptors (Lipinski definition) is 6. The van der Waals surface area contributed by atoms with Crippen LogP contribution in [0.2, 0.25) is 5.02 Å². The molecule has 1 heterocycles. The van der Waals surface area contributed by atoms with E-state index in [0.717, 1.165) is 5.56 Å². The quantitative estimate of drug-likeness (QED) is 0.479. The zero-order valence-electron chi connectivity index (χ0n) is 11.8. The highest BCUT2D eigenvalue weighted by Crippen LogP contribution is 2.33. The van der Waals surface area contributed by atoms with E-state index in [1.165, 1.54) is 6.33 Å². The average molecular weight is 320 g/mol. The van der Waals surface area contributed by atoms with E-state index < -0.39 is 4.92 Å². The van der Waals surface area contributed by atoms with Crippen LogP contribution in [0.1, 0.15) is 5.56 Å².